The van der Waals surface area contributed by atoms with Crippen molar-refractivity contribution in [3.63, 3.8) is 0 Å². The van der Waals surface area contributed by atoms with Crippen LogP contribution in [0.5, 0.6) is 0 Å². The number of thiazole rings is 1. The Hall–Kier alpha value is -1.80. The van der Waals surface area contributed by atoms with Gasteiger partial charge in [-0.3, -0.25) is 9.69 Å². The number of hydrogen-bond donors (Lipinski definition) is 0. The predicted octanol–water partition coefficient (Wildman–Crippen LogP) is 2.20. The number of rotatable bonds is 4. The molecular formula is C18H26N6OS. The van der Waals surface area contributed by atoms with Crippen LogP contribution in [0, 0.1) is 6.92 Å². The second kappa shape index (κ2) is 7.44. The summed E-state index contributed by atoms with van der Waals surface area (Å²) in [6.07, 6.45) is 6.31. The second-order valence-electron chi connectivity index (χ2n) is 7.35. The lowest BCUT2D eigenvalue weighted by Gasteiger charge is -2.32. The zero-order valence-corrected chi connectivity index (χ0v) is 16.3. The lowest BCUT2D eigenvalue weighted by Crippen LogP contribution is -2.39. The number of carbonyl (C=O) groups is 1. The van der Waals surface area contributed by atoms with Crippen LogP contribution in [0.1, 0.15) is 57.9 Å². The minimum Gasteiger partial charge on any atom is -0.337 e. The number of hydrogen-bond acceptors (Lipinski definition) is 6. The van der Waals surface area contributed by atoms with Crippen molar-refractivity contribution in [2.24, 2.45) is 7.05 Å². The molecule has 2 saturated heterocycles. The molecule has 0 bridgehead atoms. The first-order valence-corrected chi connectivity index (χ1v) is 10.3. The third kappa shape index (κ3) is 3.53. The SMILES string of the molecule is Cc1ncc(C(=O)N2CCCC(c3nnc(CN4CCCC4)n3C)C2)s1. The van der Waals surface area contributed by atoms with E-state index in [1.165, 1.54) is 24.2 Å². The van der Waals surface area contributed by atoms with Gasteiger partial charge in [-0.2, -0.15) is 0 Å². The smallest absolute Gasteiger partial charge is 0.265 e. The number of amides is 1. The van der Waals surface area contributed by atoms with Crippen LogP contribution in [0.4, 0.5) is 0 Å². The standard InChI is InChI=1S/C18H26N6OS/c1-13-19-10-15(26-13)18(25)24-9-5-6-14(11-24)17-21-20-16(22(17)2)12-23-7-3-4-8-23/h10,14H,3-9,11-12H2,1-2H3. The Bertz CT molecular complexity index is 778. The first-order valence-electron chi connectivity index (χ1n) is 9.44. The monoisotopic (exact) mass is 374 g/mol. The minimum atomic E-state index is 0.0970. The van der Waals surface area contributed by atoms with Crippen molar-refractivity contribution in [2.75, 3.05) is 26.2 Å². The van der Waals surface area contributed by atoms with Crippen molar-refractivity contribution in [3.05, 3.63) is 27.7 Å². The third-order valence-electron chi connectivity index (χ3n) is 5.47. The molecule has 1 unspecified atom stereocenters. The number of likely N-dealkylation sites (tertiary alicyclic amines) is 2. The van der Waals surface area contributed by atoms with Gasteiger partial charge in [0.05, 0.1) is 17.7 Å². The van der Waals surface area contributed by atoms with E-state index in [2.05, 4.69) is 31.7 Å². The maximum Gasteiger partial charge on any atom is 0.265 e. The Kier molecular flexibility index (Phi) is 5.04. The van der Waals surface area contributed by atoms with Gasteiger partial charge in [0, 0.05) is 26.1 Å². The molecule has 2 aliphatic rings. The van der Waals surface area contributed by atoms with Gasteiger partial charge < -0.3 is 9.47 Å². The van der Waals surface area contributed by atoms with Crippen molar-refractivity contribution >= 4 is 17.2 Å². The number of nitrogens with zero attached hydrogens (tertiary/aromatic N) is 6. The number of aryl methyl sites for hydroxylation is 1. The average Bonchev–Trinajstić information content (AvgIpc) is 3.38. The van der Waals surface area contributed by atoms with Crippen LogP contribution in [0.25, 0.3) is 0 Å². The fourth-order valence-corrected chi connectivity index (χ4v) is 4.74. The predicted molar refractivity (Wildman–Crippen MR) is 100 cm³/mol. The molecular weight excluding hydrogens is 348 g/mol. The van der Waals surface area contributed by atoms with Gasteiger partial charge in [0.1, 0.15) is 16.5 Å². The van der Waals surface area contributed by atoms with Crippen molar-refractivity contribution in [1.82, 2.24) is 29.5 Å². The zero-order valence-electron chi connectivity index (χ0n) is 15.5. The quantitative estimate of drug-likeness (QED) is 0.821. The van der Waals surface area contributed by atoms with Crippen LogP contribution in [-0.4, -0.2) is 61.6 Å². The summed E-state index contributed by atoms with van der Waals surface area (Å²) in [7, 11) is 2.06. The molecule has 0 radical (unpaired) electrons. The van der Waals surface area contributed by atoms with E-state index in [4.69, 9.17) is 0 Å². The lowest BCUT2D eigenvalue weighted by molar-refractivity contribution is 0.0708. The second-order valence-corrected chi connectivity index (χ2v) is 8.59. The maximum atomic E-state index is 12.8. The van der Waals surface area contributed by atoms with Gasteiger partial charge in [0.15, 0.2) is 0 Å². The summed E-state index contributed by atoms with van der Waals surface area (Å²) in [5.41, 5.74) is 0. The first kappa shape index (κ1) is 17.6. The number of piperidine rings is 1. The lowest BCUT2D eigenvalue weighted by atomic mass is 9.97. The average molecular weight is 375 g/mol. The van der Waals surface area contributed by atoms with Crippen molar-refractivity contribution < 1.29 is 4.79 Å². The van der Waals surface area contributed by atoms with E-state index in [1.54, 1.807) is 6.20 Å². The topological polar surface area (TPSA) is 67.2 Å². The molecule has 8 heteroatoms. The number of carbonyl (C=O) groups excluding carboxylic acids is 1. The Morgan fingerprint density at radius 2 is 2.04 bits per heavy atom. The van der Waals surface area contributed by atoms with Gasteiger partial charge in [-0.05, 0) is 45.7 Å². The Labute approximate surface area is 158 Å². The summed E-state index contributed by atoms with van der Waals surface area (Å²) >= 11 is 1.47. The molecule has 2 aromatic rings. The molecule has 4 rings (SSSR count). The van der Waals surface area contributed by atoms with Crippen LogP contribution in [-0.2, 0) is 13.6 Å². The van der Waals surface area contributed by atoms with E-state index in [-0.39, 0.29) is 11.8 Å². The van der Waals surface area contributed by atoms with Crippen LogP contribution in [0.15, 0.2) is 6.20 Å². The zero-order chi connectivity index (χ0) is 18.1. The molecule has 4 heterocycles. The highest BCUT2D eigenvalue weighted by atomic mass is 32.1. The highest BCUT2D eigenvalue weighted by molar-refractivity contribution is 7.13. The van der Waals surface area contributed by atoms with Gasteiger partial charge >= 0.3 is 0 Å². The molecule has 7 nitrogen and oxygen atoms in total. The summed E-state index contributed by atoms with van der Waals surface area (Å²) in [5.74, 6) is 2.40. The Balaban J connectivity index is 1.46. The molecule has 0 aliphatic carbocycles. The minimum absolute atomic E-state index is 0.0970. The molecule has 140 valence electrons. The van der Waals surface area contributed by atoms with E-state index in [0.29, 0.717) is 6.54 Å². The fraction of sp³-hybridized carbons (Fsp3) is 0.667. The summed E-state index contributed by atoms with van der Waals surface area (Å²) in [6, 6.07) is 0. The summed E-state index contributed by atoms with van der Waals surface area (Å²) in [4.78, 5) is 22.1. The van der Waals surface area contributed by atoms with E-state index in [1.807, 2.05) is 11.8 Å². The summed E-state index contributed by atoms with van der Waals surface area (Å²) in [5, 5.41) is 9.87. The molecule has 0 aromatic carbocycles. The summed E-state index contributed by atoms with van der Waals surface area (Å²) < 4.78 is 2.15. The highest BCUT2D eigenvalue weighted by Crippen LogP contribution is 2.28. The number of aromatic nitrogens is 4. The molecule has 2 aromatic heterocycles. The van der Waals surface area contributed by atoms with Crippen molar-refractivity contribution in [1.29, 1.82) is 0 Å². The molecule has 2 aliphatic heterocycles. The van der Waals surface area contributed by atoms with Gasteiger partial charge in [-0.1, -0.05) is 0 Å². The van der Waals surface area contributed by atoms with E-state index in [0.717, 1.165) is 60.6 Å². The molecule has 0 saturated carbocycles. The van der Waals surface area contributed by atoms with Crippen LogP contribution in [0.2, 0.25) is 0 Å². The maximum absolute atomic E-state index is 12.8. The van der Waals surface area contributed by atoms with Crippen LogP contribution < -0.4 is 0 Å². The molecule has 1 atom stereocenters. The largest absolute Gasteiger partial charge is 0.337 e. The van der Waals surface area contributed by atoms with Gasteiger partial charge in [-0.15, -0.1) is 21.5 Å². The van der Waals surface area contributed by atoms with E-state index >= 15 is 0 Å². The third-order valence-corrected chi connectivity index (χ3v) is 6.37. The normalized spacial score (nSPS) is 21.5. The van der Waals surface area contributed by atoms with Crippen molar-refractivity contribution in [2.45, 2.75) is 45.1 Å². The van der Waals surface area contributed by atoms with E-state index in [9.17, 15) is 4.79 Å². The molecule has 26 heavy (non-hydrogen) atoms. The Morgan fingerprint density at radius 1 is 1.23 bits per heavy atom. The fourth-order valence-electron chi connectivity index (χ4n) is 4.00. The van der Waals surface area contributed by atoms with Gasteiger partial charge in [-0.25, -0.2) is 4.98 Å². The first-order chi connectivity index (χ1) is 12.6. The van der Waals surface area contributed by atoms with Crippen LogP contribution in [0.3, 0.4) is 0 Å². The van der Waals surface area contributed by atoms with Crippen molar-refractivity contribution in [3.8, 4) is 0 Å². The summed E-state index contributed by atoms with van der Waals surface area (Å²) in [6.45, 7) is 6.64. The van der Waals surface area contributed by atoms with Crippen LogP contribution >= 0.6 is 11.3 Å². The molecule has 1 amide bonds. The molecule has 0 spiro atoms. The molecule has 2 fully saturated rings. The van der Waals surface area contributed by atoms with Gasteiger partial charge in [0.2, 0.25) is 0 Å². The van der Waals surface area contributed by atoms with Gasteiger partial charge in [0.25, 0.3) is 5.91 Å². The highest BCUT2D eigenvalue weighted by Gasteiger charge is 2.30. The molecule has 0 N–H and O–H groups in total. The Morgan fingerprint density at radius 3 is 2.77 bits per heavy atom. The van der Waals surface area contributed by atoms with E-state index < -0.39 is 0 Å².